The molecule has 1 aliphatic heterocycles. The first kappa shape index (κ1) is 14.4. The molecule has 1 aliphatic carbocycles. The number of aromatic nitrogens is 2. The highest BCUT2D eigenvalue weighted by atomic mass is 79.9. The van der Waals surface area contributed by atoms with Crippen LogP contribution >= 0.6 is 15.9 Å². The minimum absolute atomic E-state index is 0.0482. The van der Waals surface area contributed by atoms with Gasteiger partial charge in [0, 0.05) is 22.4 Å². The number of rotatable bonds is 3. The van der Waals surface area contributed by atoms with Crippen molar-refractivity contribution in [2.24, 2.45) is 5.92 Å². The van der Waals surface area contributed by atoms with Gasteiger partial charge in [0.1, 0.15) is 6.29 Å². The van der Waals surface area contributed by atoms with Crippen molar-refractivity contribution in [3.63, 3.8) is 0 Å². The van der Waals surface area contributed by atoms with E-state index >= 15 is 0 Å². The number of hydrogen-bond donors (Lipinski definition) is 0. The van der Waals surface area contributed by atoms with Gasteiger partial charge in [-0.3, -0.25) is 0 Å². The molecule has 1 unspecified atom stereocenters. The lowest BCUT2D eigenvalue weighted by Crippen LogP contribution is -2.19. The van der Waals surface area contributed by atoms with Crippen LogP contribution in [-0.2, 0) is 9.53 Å². The summed E-state index contributed by atoms with van der Waals surface area (Å²) in [6, 6.07) is 2.20. The van der Waals surface area contributed by atoms with E-state index in [0.29, 0.717) is 5.92 Å². The Hall–Kier alpha value is -1.20. The molecule has 1 saturated heterocycles. The summed E-state index contributed by atoms with van der Waals surface area (Å²) in [7, 11) is 0. The molecule has 2 aromatic rings. The zero-order valence-electron chi connectivity index (χ0n) is 12.6. The van der Waals surface area contributed by atoms with E-state index in [9.17, 15) is 4.79 Å². The molecule has 22 heavy (non-hydrogen) atoms. The molecule has 1 aromatic carbocycles. The molecule has 116 valence electrons. The van der Waals surface area contributed by atoms with Crippen molar-refractivity contribution < 1.29 is 9.53 Å². The fourth-order valence-electron chi connectivity index (χ4n) is 3.58. The summed E-state index contributed by atoms with van der Waals surface area (Å²) in [5.41, 5.74) is 3.61. The Morgan fingerprint density at radius 1 is 1.45 bits per heavy atom. The first-order valence-corrected chi connectivity index (χ1v) is 8.73. The van der Waals surface area contributed by atoms with E-state index < -0.39 is 0 Å². The van der Waals surface area contributed by atoms with Crippen molar-refractivity contribution in [1.82, 2.24) is 9.78 Å². The second-order valence-corrected chi connectivity index (χ2v) is 7.20. The molecule has 0 amide bonds. The smallest absolute Gasteiger partial charge is 0.150 e. The maximum absolute atomic E-state index is 11.0. The van der Waals surface area contributed by atoms with Crippen molar-refractivity contribution in [3.05, 3.63) is 27.9 Å². The monoisotopic (exact) mass is 362 g/mol. The molecule has 0 radical (unpaired) electrons. The molecule has 2 heterocycles. The molecule has 1 aromatic heterocycles. The van der Waals surface area contributed by atoms with Crippen LogP contribution in [0.2, 0.25) is 0 Å². The van der Waals surface area contributed by atoms with Crippen molar-refractivity contribution in [2.45, 2.75) is 44.8 Å². The van der Waals surface area contributed by atoms with Gasteiger partial charge >= 0.3 is 0 Å². The average Bonchev–Trinajstić information content (AvgIpc) is 3.18. The van der Waals surface area contributed by atoms with E-state index in [-0.39, 0.29) is 12.1 Å². The number of benzene rings is 1. The molecule has 5 heteroatoms. The maximum atomic E-state index is 11.0. The molecule has 3 atom stereocenters. The second-order valence-electron chi connectivity index (χ2n) is 6.41. The largest absolute Gasteiger partial charge is 0.356 e. The molecule has 4 rings (SSSR count). The molecule has 2 aliphatic rings. The third-order valence-corrected chi connectivity index (χ3v) is 5.75. The van der Waals surface area contributed by atoms with Gasteiger partial charge in [0.05, 0.1) is 11.7 Å². The Bertz CT molecular complexity index is 734. The molecule has 2 fully saturated rings. The van der Waals surface area contributed by atoms with Crippen molar-refractivity contribution >= 4 is 33.1 Å². The zero-order valence-corrected chi connectivity index (χ0v) is 14.2. The molecule has 0 bridgehead atoms. The second kappa shape index (κ2) is 5.46. The summed E-state index contributed by atoms with van der Waals surface area (Å²) < 4.78 is 8.98. The molecular formula is C17H19BrN2O2. The standard InChI is InChI=1S/C17H19BrN2O2/c1-10-6-14-13(17(18)16(10)12-7-11(12)9-21)8-19-20(14)15-4-2-3-5-22-15/h6,8-9,11-12,15H,2-5,7H2,1H3/t11-,12-,15?/m0/s1. The third kappa shape index (κ3) is 2.22. The predicted molar refractivity (Wildman–Crippen MR) is 87.9 cm³/mol. The van der Waals surface area contributed by atoms with E-state index in [1.807, 2.05) is 10.9 Å². The van der Waals surface area contributed by atoms with Gasteiger partial charge < -0.3 is 9.53 Å². The van der Waals surface area contributed by atoms with Gasteiger partial charge in [0.25, 0.3) is 0 Å². The third-order valence-electron chi connectivity index (χ3n) is 4.90. The fraction of sp³-hybridized carbons (Fsp3) is 0.529. The summed E-state index contributed by atoms with van der Waals surface area (Å²) in [6.07, 6.45) is 7.36. The highest BCUT2D eigenvalue weighted by molar-refractivity contribution is 9.10. The SMILES string of the molecule is Cc1cc2c(cnn2C2CCCCO2)c(Br)c1[C@H]1C[C@H]1C=O. The number of ether oxygens (including phenoxy) is 1. The Kier molecular flexibility index (Phi) is 3.57. The number of nitrogens with zero attached hydrogens (tertiary/aromatic N) is 2. The molecule has 0 N–H and O–H groups in total. The molecular weight excluding hydrogens is 344 g/mol. The lowest BCUT2D eigenvalue weighted by Gasteiger charge is -2.23. The van der Waals surface area contributed by atoms with Gasteiger partial charge in [-0.2, -0.15) is 5.10 Å². The van der Waals surface area contributed by atoms with Crippen molar-refractivity contribution in [2.75, 3.05) is 6.61 Å². The molecule has 4 nitrogen and oxygen atoms in total. The summed E-state index contributed by atoms with van der Waals surface area (Å²) in [4.78, 5) is 11.0. The van der Waals surface area contributed by atoms with E-state index in [0.717, 1.165) is 47.5 Å². The highest BCUT2D eigenvalue weighted by Gasteiger charge is 2.40. The van der Waals surface area contributed by atoms with Gasteiger partial charge in [-0.25, -0.2) is 4.68 Å². The van der Waals surface area contributed by atoms with Crippen LogP contribution in [0.1, 0.15) is 49.0 Å². The van der Waals surface area contributed by atoms with Gasteiger partial charge in [-0.05, 0) is 71.6 Å². The van der Waals surface area contributed by atoms with Gasteiger partial charge in [-0.1, -0.05) is 0 Å². The normalized spacial score (nSPS) is 28.0. The Morgan fingerprint density at radius 2 is 2.32 bits per heavy atom. The predicted octanol–water partition coefficient (Wildman–Crippen LogP) is 4.11. The quantitative estimate of drug-likeness (QED) is 0.771. The topological polar surface area (TPSA) is 44.1 Å². The number of aryl methyl sites for hydroxylation is 1. The number of fused-ring (bicyclic) bond motifs is 1. The average molecular weight is 363 g/mol. The molecule has 0 spiro atoms. The summed E-state index contributed by atoms with van der Waals surface area (Å²) >= 11 is 3.76. The van der Waals surface area contributed by atoms with E-state index in [4.69, 9.17) is 4.74 Å². The van der Waals surface area contributed by atoms with Gasteiger partial charge in [-0.15, -0.1) is 0 Å². The Morgan fingerprint density at radius 3 is 3.00 bits per heavy atom. The molecule has 1 saturated carbocycles. The van der Waals surface area contributed by atoms with Crippen LogP contribution in [0.25, 0.3) is 10.9 Å². The van der Waals surface area contributed by atoms with Crippen molar-refractivity contribution in [1.29, 1.82) is 0 Å². The maximum Gasteiger partial charge on any atom is 0.150 e. The Balaban J connectivity index is 1.79. The first-order chi connectivity index (χ1) is 10.7. The number of hydrogen-bond acceptors (Lipinski definition) is 3. The van der Waals surface area contributed by atoms with Crippen molar-refractivity contribution in [3.8, 4) is 0 Å². The van der Waals surface area contributed by atoms with Gasteiger partial charge in [0.2, 0.25) is 0 Å². The summed E-state index contributed by atoms with van der Waals surface area (Å²) in [5, 5.41) is 5.69. The highest BCUT2D eigenvalue weighted by Crippen LogP contribution is 2.51. The van der Waals surface area contributed by atoms with Crippen LogP contribution in [0, 0.1) is 12.8 Å². The summed E-state index contributed by atoms with van der Waals surface area (Å²) in [5.74, 6) is 0.551. The number of carbonyl (C=O) groups excluding carboxylic acids is 1. The van der Waals surface area contributed by atoms with Crippen LogP contribution in [0.5, 0.6) is 0 Å². The zero-order chi connectivity index (χ0) is 15.3. The first-order valence-electron chi connectivity index (χ1n) is 7.94. The van der Waals surface area contributed by atoms with Crippen LogP contribution in [0.3, 0.4) is 0 Å². The van der Waals surface area contributed by atoms with Crippen LogP contribution in [0.15, 0.2) is 16.7 Å². The lowest BCUT2D eigenvalue weighted by atomic mass is 10.0. The van der Waals surface area contributed by atoms with E-state index in [1.54, 1.807) is 0 Å². The van der Waals surface area contributed by atoms with E-state index in [1.165, 1.54) is 17.5 Å². The fourth-order valence-corrected chi connectivity index (χ4v) is 4.50. The van der Waals surface area contributed by atoms with Gasteiger partial charge in [0.15, 0.2) is 6.23 Å². The Labute approximate surface area is 138 Å². The number of carbonyl (C=O) groups is 1. The van der Waals surface area contributed by atoms with Crippen LogP contribution < -0.4 is 0 Å². The minimum atomic E-state index is 0.0482. The lowest BCUT2D eigenvalue weighted by molar-refractivity contribution is -0.108. The summed E-state index contributed by atoms with van der Waals surface area (Å²) in [6.45, 7) is 2.94. The number of halogens is 1. The van der Waals surface area contributed by atoms with Crippen LogP contribution in [0.4, 0.5) is 0 Å². The number of aldehydes is 1. The minimum Gasteiger partial charge on any atom is -0.356 e. The van der Waals surface area contributed by atoms with Crippen LogP contribution in [-0.4, -0.2) is 22.7 Å². The van der Waals surface area contributed by atoms with E-state index in [2.05, 4.69) is 34.0 Å².